The SMILES string of the molecule is CCOC(=O)c1[nH]c2c(-c3c(C(O)CCN4CCOCC4)nn(C)c3C)c(F)ccc2c1CCCOc1cccc2cc(F)ccc12. The number of aliphatic hydroxyl groups excluding tert-OH is 1. The molecular formula is C36H40F2N4O5. The molecule has 47 heavy (non-hydrogen) atoms. The summed E-state index contributed by atoms with van der Waals surface area (Å²) >= 11 is 0. The number of carbonyl (C=O) groups excluding carboxylic acids is 1. The Morgan fingerprint density at radius 3 is 2.68 bits per heavy atom. The fourth-order valence-corrected chi connectivity index (χ4v) is 6.40. The lowest BCUT2D eigenvalue weighted by atomic mass is 9.95. The molecule has 1 aliphatic heterocycles. The Kier molecular flexibility index (Phi) is 9.86. The molecule has 3 aromatic carbocycles. The van der Waals surface area contributed by atoms with Crippen molar-refractivity contribution in [2.24, 2.45) is 7.05 Å². The third-order valence-corrected chi connectivity index (χ3v) is 8.89. The van der Waals surface area contributed by atoms with Gasteiger partial charge in [0.2, 0.25) is 0 Å². The van der Waals surface area contributed by atoms with Crippen LogP contribution in [0.25, 0.3) is 32.8 Å². The number of H-pyrrole nitrogens is 1. The van der Waals surface area contributed by atoms with E-state index in [0.29, 0.717) is 84.8 Å². The van der Waals surface area contributed by atoms with Crippen molar-refractivity contribution < 1.29 is 32.9 Å². The first-order valence-electron chi connectivity index (χ1n) is 16.1. The van der Waals surface area contributed by atoms with Crippen molar-refractivity contribution in [3.05, 3.63) is 82.8 Å². The first-order chi connectivity index (χ1) is 22.8. The van der Waals surface area contributed by atoms with Crippen LogP contribution in [0.4, 0.5) is 8.78 Å². The summed E-state index contributed by atoms with van der Waals surface area (Å²) in [5.74, 6) is -0.694. The highest BCUT2D eigenvalue weighted by Crippen LogP contribution is 2.40. The highest BCUT2D eigenvalue weighted by molar-refractivity contribution is 6.04. The number of benzene rings is 3. The summed E-state index contributed by atoms with van der Waals surface area (Å²) in [6.07, 6.45) is 0.487. The number of aromatic amines is 1. The van der Waals surface area contributed by atoms with Crippen molar-refractivity contribution in [2.45, 2.75) is 39.2 Å². The first-order valence-corrected chi connectivity index (χ1v) is 16.1. The Hall–Kier alpha value is -4.32. The number of aryl methyl sites for hydroxylation is 2. The molecule has 6 rings (SSSR count). The minimum Gasteiger partial charge on any atom is -0.493 e. The quantitative estimate of drug-likeness (QED) is 0.122. The van der Waals surface area contributed by atoms with Crippen LogP contribution in [0, 0.1) is 18.6 Å². The van der Waals surface area contributed by atoms with Gasteiger partial charge in [-0.3, -0.25) is 9.58 Å². The second-order valence-corrected chi connectivity index (χ2v) is 11.8. The summed E-state index contributed by atoms with van der Waals surface area (Å²) in [4.78, 5) is 18.6. The van der Waals surface area contributed by atoms with E-state index in [-0.39, 0.29) is 23.7 Å². The van der Waals surface area contributed by atoms with Gasteiger partial charge in [0, 0.05) is 54.3 Å². The molecule has 248 valence electrons. The number of hydrogen-bond acceptors (Lipinski definition) is 7. The number of hydrogen-bond donors (Lipinski definition) is 2. The van der Waals surface area contributed by atoms with E-state index in [1.807, 2.05) is 25.1 Å². The van der Waals surface area contributed by atoms with Crippen LogP contribution in [-0.2, 0) is 22.9 Å². The molecule has 0 bridgehead atoms. The van der Waals surface area contributed by atoms with Crippen LogP contribution >= 0.6 is 0 Å². The van der Waals surface area contributed by atoms with Crippen molar-refractivity contribution in [1.82, 2.24) is 19.7 Å². The molecule has 9 nitrogen and oxygen atoms in total. The zero-order chi connectivity index (χ0) is 33.1. The molecule has 5 aromatic rings. The van der Waals surface area contributed by atoms with Crippen molar-refractivity contribution in [3.63, 3.8) is 0 Å². The number of nitrogens with one attached hydrogen (secondary N) is 1. The molecular weight excluding hydrogens is 606 g/mol. The summed E-state index contributed by atoms with van der Waals surface area (Å²) in [6, 6.07) is 13.1. The summed E-state index contributed by atoms with van der Waals surface area (Å²) < 4.78 is 48.2. The average Bonchev–Trinajstić information content (AvgIpc) is 3.58. The topological polar surface area (TPSA) is 102 Å². The smallest absolute Gasteiger partial charge is 0.355 e. The number of aromatic nitrogens is 3. The van der Waals surface area contributed by atoms with Gasteiger partial charge >= 0.3 is 5.97 Å². The normalized spacial score (nSPS) is 14.6. The molecule has 0 amide bonds. The highest BCUT2D eigenvalue weighted by atomic mass is 19.1. The first kappa shape index (κ1) is 32.6. The van der Waals surface area contributed by atoms with Crippen molar-refractivity contribution in [1.29, 1.82) is 0 Å². The molecule has 0 saturated carbocycles. The van der Waals surface area contributed by atoms with Gasteiger partial charge in [0.1, 0.15) is 23.1 Å². The van der Waals surface area contributed by atoms with E-state index >= 15 is 4.39 Å². The van der Waals surface area contributed by atoms with Crippen LogP contribution in [0.15, 0.2) is 48.5 Å². The van der Waals surface area contributed by atoms with Gasteiger partial charge in [-0.2, -0.15) is 5.10 Å². The number of ether oxygens (including phenoxy) is 3. The van der Waals surface area contributed by atoms with Crippen LogP contribution in [0.5, 0.6) is 5.75 Å². The predicted molar refractivity (Wildman–Crippen MR) is 176 cm³/mol. The summed E-state index contributed by atoms with van der Waals surface area (Å²) in [7, 11) is 1.77. The van der Waals surface area contributed by atoms with E-state index in [1.54, 1.807) is 30.8 Å². The van der Waals surface area contributed by atoms with Gasteiger partial charge in [0.15, 0.2) is 0 Å². The minimum absolute atomic E-state index is 0.181. The largest absolute Gasteiger partial charge is 0.493 e. The van der Waals surface area contributed by atoms with Gasteiger partial charge < -0.3 is 24.3 Å². The molecule has 3 heterocycles. The highest BCUT2D eigenvalue weighted by Gasteiger charge is 2.29. The van der Waals surface area contributed by atoms with Crippen molar-refractivity contribution >= 4 is 27.6 Å². The molecule has 1 saturated heterocycles. The van der Waals surface area contributed by atoms with E-state index in [0.717, 1.165) is 23.9 Å². The molecule has 1 aliphatic rings. The van der Waals surface area contributed by atoms with Crippen LogP contribution in [0.2, 0.25) is 0 Å². The molecule has 11 heteroatoms. The maximum atomic E-state index is 15.9. The summed E-state index contributed by atoms with van der Waals surface area (Å²) in [5.41, 5.74) is 3.23. The second-order valence-electron chi connectivity index (χ2n) is 11.8. The van der Waals surface area contributed by atoms with Crippen molar-refractivity contribution in [2.75, 3.05) is 46.1 Å². The molecule has 0 radical (unpaired) electrons. The molecule has 1 unspecified atom stereocenters. The Morgan fingerprint density at radius 2 is 1.89 bits per heavy atom. The third-order valence-electron chi connectivity index (χ3n) is 8.89. The lowest BCUT2D eigenvalue weighted by Crippen LogP contribution is -2.37. The number of carbonyl (C=O) groups is 1. The van der Waals surface area contributed by atoms with Crippen LogP contribution < -0.4 is 4.74 Å². The van der Waals surface area contributed by atoms with Gasteiger partial charge in [-0.15, -0.1) is 0 Å². The maximum absolute atomic E-state index is 15.9. The lowest BCUT2D eigenvalue weighted by molar-refractivity contribution is 0.0297. The fraction of sp³-hybridized carbons (Fsp3) is 0.389. The van der Waals surface area contributed by atoms with Crippen LogP contribution in [0.3, 0.4) is 0 Å². The Labute approximate surface area is 272 Å². The van der Waals surface area contributed by atoms with E-state index in [4.69, 9.17) is 14.2 Å². The molecule has 2 aromatic heterocycles. The summed E-state index contributed by atoms with van der Waals surface area (Å²) in [6.45, 7) is 7.66. The lowest BCUT2D eigenvalue weighted by Gasteiger charge is -2.27. The predicted octanol–water partition coefficient (Wildman–Crippen LogP) is 6.25. The second kappa shape index (κ2) is 14.2. The van der Waals surface area contributed by atoms with Gasteiger partial charge in [-0.25, -0.2) is 13.6 Å². The van der Waals surface area contributed by atoms with E-state index in [1.165, 1.54) is 18.2 Å². The Morgan fingerprint density at radius 1 is 1.11 bits per heavy atom. The van der Waals surface area contributed by atoms with Gasteiger partial charge in [0.05, 0.1) is 43.7 Å². The summed E-state index contributed by atoms with van der Waals surface area (Å²) in [5, 5.41) is 18.2. The van der Waals surface area contributed by atoms with Crippen molar-refractivity contribution in [3.8, 4) is 16.9 Å². The molecule has 1 atom stereocenters. The number of aliphatic hydroxyl groups is 1. The zero-order valence-electron chi connectivity index (χ0n) is 26.9. The number of nitrogens with zero attached hydrogens (tertiary/aromatic N) is 3. The van der Waals surface area contributed by atoms with Crippen LogP contribution in [-0.4, -0.2) is 76.8 Å². The Balaban J connectivity index is 1.31. The van der Waals surface area contributed by atoms with Gasteiger partial charge in [-0.05, 0) is 80.5 Å². The van der Waals surface area contributed by atoms with Crippen LogP contribution in [0.1, 0.15) is 53.3 Å². The molecule has 0 spiro atoms. The number of morpholine rings is 1. The van der Waals surface area contributed by atoms with Gasteiger partial charge in [0.25, 0.3) is 0 Å². The third kappa shape index (κ3) is 6.74. The standard InChI is InChI=1S/C36H40F2N4O5/c1-4-46-36(44)34-26(8-6-18-47-30-9-5-7-23-21-24(37)10-11-25(23)30)27-12-13-28(38)32(33(27)39-34)31-22(2)41(3)40-35(31)29(43)14-15-42-16-19-45-20-17-42/h5,7,9-13,21,29,39,43H,4,6,8,14-20H2,1-3H3. The molecule has 2 N–H and O–H groups in total. The number of halogens is 2. The average molecular weight is 647 g/mol. The zero-order valence-corrected chi connectivity index (χ0v) is 26.9. The monoisotopic (exact) mass is 646 g/mol. The maximum Gasteiger partial charge on any atom is 0.355 e. The minimum atomic E-state index is -0.927. The van der Waals surface area contributed by atoms with E-state index < -0.39 is 17.9 Å². The number of esters is 1. The van der Waals surface area contributed by atoms with Gasteiger partial charge in [-0.1, -0.05) is 12.1 Å². The molecule has 1 fully saturated rings. The number of fused-ring (bicyclic) bond motifs is 2. The van der Waals surface area contributed by atoms with E-state index in [2.05, 4.69) is 15.0 Å². The molecule has 0 aliphatic carbocycles. The van der Waals surface area contributed by atoms with E-state index in [9.17, 15) is 14.3 Å². The Bertz CT molecular complexity index is 1900. The number of rotatable bonds is 12. The fourth-order valence-electron chi connectivity index (χ4n) is 6.40.